The maximum absolute atomic E-state index is 3.38. The number of hydrogen-bond acceptors (Lipinski definition) is 2. The summed E-state index contributed by atoms with van der Waals surface area (Å²) in [6.07, 6.45) is 1.27. The van der Waals surface area contributed by atoms with Crippen LogP contribution in [0.2, 0.25) is 0 Å². The van der Waals surface area contributed by atoms with Crippen LogP contribution in [0.3, 0.4) is 0 Å². The van der Waals surface area contributed by atoms with E-state index in [0.29, 0.717) is 6.04 Å². The number of rotatable bonds is 0. The molecule has 1 heterocycles. The Morgan fingerprint density at radius 2 is 2.25 bits per heavy atom. The summed E-state index contributed by atoms with van der Waals surface area (Å²) in [4.78, 5) is 0. The van der Waals surface area contributed by atoms with Crippen LogP contribution in [0.4, 0.5) is 0 Å². The van der Waals surface area contributed by atoms with Crippen molar-refractivity contribution in [1.82, 2.24) is 10.6 Å². The summed E-state index contributed by atoms with van der Waals surface area (Å²) in [6, 6.07) is 0.664. The first-order valence-electron chi connectivity index (χ1n) is 3.33. The second-order valence-corrected chi connectivity index (χ2v) is 2.41. The predicted octanol–water partition coefficient (Wildman–Crippen LogP) is -0.0422. The van der Waals surface area contributed by atoms with Crippen LogP contribution >= 0.6 is 0 Å². The molecule has 2 heteroatoms. The highest BCUT2D eigenvalue weighted by Crippen LogP contribution is 1.85. The SMILES string of the molecule is CC1CNCCCN1. The monoisotopic (exact) mass is 114 g/mol. The molecule has 8 heavy (non-hydrogen) atoms. The van der Waals surface area contributed by atoms with Crippen molar-refractivity contribution < 1.29 is 0 Å². The molecular weight excluding hydrogens is 100 g/mol. The van der Waals surface area contributed by atoms with E-state index in [1.807, 2.05) is 0 Å². The lowest BCUT2D eigenvalue weighted by atomic mass is 10.3. The minimum atomic E-state index is 0.664. The second-order valence-electron chi connectivity index (χ2n) is 2.41. The molecule has 0 bridgehead atoms. The molecule has 1 fully saturated rings. The van der Waals surface area contributed by atoms with Crippen LogP contribution in [-0.4, -0.2) is 25.7 Å². The van der Waals surface area contributed by atoms with Gasteiger partial charge in [-0.1, -0.05) is 0 Å². The van der Waals surface area contributed by atoms with Gasteiger partial charge in [0.15, 0.2) is 0 Å². The summed E-state index contributed by atoms with van der Waals surface area (Å²) < 4.78 is 0. The molecular formula is C6H14N2. The first-order chi connectivity index (χ1) is 3.89. The molecule has 0 aromatic rings. The van der Waals surface area contributed by atoms with E-state index in [2.05, 4.69) is 17.6 Å². The maximum Gasteiger partial charge on any atom is 0.0164 e. The van der Waals surface area contributed by atoms with Gasteiger partial charge in [0.25, 0.3) is 0 Å². The Labute approximate surface area is 50.7 Å². The lowest BCUT2D eigenvalue weighted by Gasteiger charge is -2.06. The topological polar surface area (TPSA) is 24.1 Å². The molecule has 1 atom stereocenters. The van der Waals surface area contributed by atoms with Crippen LogP contribution in [0.25, 0.3) is 0 Å². The molecule has 1 unspecified atom stereocenters. The fraction of sp³-hybridized carbons (Fsp3) is 1.00. The fourth-order valence-electron chi connectivity index (χ4n) is 0.953. The molecule has 1 aliphatic heterocycles. The summed E-state index contributed by atoms with van der Waals surface area (Å²) in [5.41, 5.74) is 0. The predicted molar refractivity (Wildman–Crippen MR) is 35.0 cm³/mol. The van der Waals surface area contributed by atoms with Crippen molar-refractivity contribution in [2.45, 2.75) is 19.4 Å². The van der Waals surface area contributed by atoms with Gasteiger partial charge in [-0.05, 0) is 26.4 Å². The quantitative estimate of drug-likeness (QED) is 0.461. The highest BCUT2D eigenvalue weighted by atomic mass is 15.0. The Morgan fingerprint density at radius 1 is 1.38 bits per heavy atom. The van der Waals surface area contributed by atoms with Gasteiger partial charge < -0.3 is 10.6 Å². The Kier molecular flexibility index (Phi) is 2.30. The number of nitrogens with one attached hydrogen (secondary N) is 2. The van der Waals surface area contributed by atoms with E-state index in [4.69, 9.17) is 0 Å². The van der Waals surface area contributed by atoms with Gasteiger partial charge >= 0.3 is 0 Å². The molecule has 0 saturated carbocycles. The molecule has 0 spiro atoms. The summed E-state index contributed by atoms with van der Waals surface area (Å²) in [5.74, 6) is 0. The maximum atomic E-state index is 3.38. The lowest BCUT2D eigenvalue weighted by molar-refractivity contribution is 0.568. The summed E-state index contributed by atoms with van der Waals surface area (Å²) in [6.45, 7) is 5.68. The highest BCUT2D eigenvalue weighted by molar-refractivity contribution is 4.67. The van der Waals surface area contributed by atoms with Gasteiger partial charge in [-0.2, -0.15) is 0 Å². The first kappa shape index (κ1) is 6.05. The summed E-state index contributed by atoms with van der Waals surface area (Å²) in [7, 11) is 0. The van der Waals surface area contributed by atoms with Crippen LogP contribution in [0.1, 0.15) is 13.3 Å². The van der Waals surface area contributed by atoms with Crippen molar-refractivity contribution in [3.63, 3.8) is 0 Å². The molecule has 0 aromatic heterocycles. The van der Waals surface area contributed by atoms with Crippen molar-refractivity contribution in [3.05, 3.63) is 0 Å². The standard InChI is InChI=1S/C6H14N2/c1-6-5-7-3-2-4-8-6/h6-8H,2-5H2,1H3. The van der Waals surface area contributed by atoms with Crippen molar-refractivity contribution >= 4 is 0 Å². The Balaban J connectivity index is 2.17. The van der Waals surface area contributed by atoms with Crippen LogP contribution in [-0.2, 0) is 0 Å². The number of hydrogen-bond donors (Lipinski definition) is 2. The lowest BCUT2D eigenvalue weighted by Crippen LogP contribution is -2.31. The van der Waals surface area contributed by atoms with Crippen LogP contribution in [0.5, 0.6) is 0 Å². The smallest absolute Gasteiger partial charge is 0.0164 e. The van der Waals surface area contributed by atoms with Crippen molar-refractivity contribution in [3.8, 4) is 0 Å². The zero-order chi connectivity index (χ0) is 5.82. The van der Waals surface area contributed by atoms with E-state index in [0.717, 1.165) is 6.54 Å². The van der Waals surface area contributed by atoms with Gasteiger partial charge in [0.2, 0.25) is 0 Å². The molecule has 1 aliphatic rings. The Bertz CT molecular complexity index is 55.5. The van der Waals surface area contributed by atoms with Gasteiger partial charge in [-0.25, -0.2) is 0 Å². The van der Waals surface area contributed by atoms with E-state index in [-0.39, 0.29) is 0 Å². The first-order valence-corrected chi connectivity index (χ1v) is 3.33. The van der Waals surface area contributed by atoms with E-state index < -0.39 is 0 Å². The molecule has 0 radical (unpaired) electrons. The van der Waals surface area contributed by atoms with Crippen molar-refractivity contribution in [2.24, 2.45) is 0 Å². The zero-order valence-corrected chi connectivity index (χ0v) is 5.41. The van der Waals surface area contributed by atoms with Gasteiger partial charge in [0, 0.05) is 12.6 Å². The summed E-state index contributed by atoms with van der Waals surface area (Å²) in [5, 5.41) is 6.72. The fourth-order valence-corrected chi connectivity index (χ4v) is 0.953. The highest BCUT2D eigenvalue weighted by Gasteiger charge is 2.02. The molecule has 2 N–H and O–H groups in total. The average Bonchev–Trinajstić information content (AvgIpc) is 1.94. The average molecular weight is 114 g/mol. The third-order valence-corrected chi connectivity index (χ3v) is 1.47. The third kappa shape index (κ3) is 1.80. The normalized spacial score (nSPS) is 31.9. The minimum Gasteiger partial charge on any atom is -0.315 e. The summed E-state index contributed by atoms with van der Waals surface area (Å²) >= 11 is 0. The largest absolute Gasteiger partial charge is 0.315 e. The Hall–Kier alpha value is -0.0800. The molecule has 1 saturated heterocycles. The molecule has 2 nitrogen and oxygen atoms in total. The molecule has 48 valence electrons. The van der Waals surface area contributed by atoms with Crippen LogP contribution in [0, 0.1) is 0 Å². The van der Waals surface area contributed by atoms with E-state index in [1.165, 1.54) is 19.5 Å². The van der Waals surface area contributed by atoms with Crippen LogP contribution in [0.15, 0.2) is 0 Å². The van der Waals surface area contributed by atoms with Crippen LogP contribution < -0.4 is 10.6 Å². The van der Waals surface area contributed by atoms with E-state index in [1.54, 1.807) is 0 Å². The van der Waals surface area contributed by atoms with E-state index >= 15 is 0 Å². The second kappa shape index (κ2) is 3.05. The van der Waals surface area contributed by atoms with Gasteiger partial charge in [-0.15, -0.1) is 0 Å². The van der Waals surface area contributed by atoms with E-state index in [9.17, 15) is 0 Å². The zero-order valence-electron chi connectivity index (χ0n) is 5.41. The Morgan fingerprint density at radius 3 is 3.12 bits per heavy atom. The molecule has 1 rings (SSSR count). The molecule has 0 aliphatic carbocycles. The van der Waals surface area contributed by atoms with Gasteiger partial charge in [-0.3, -0.25) is 0 Å². The molecule has 0 amide bonds. The third-order valence-electron chi connectivity index (χ3n) is 1.47. The molecule has 0 aromatic carbocycles. The van der Waals surface area contributed by atoms with Crippen molar-refractivity contribution in [2.75, 3.05) is 19.6 Å². The minimum absolute atomic E-state index is 0.664. The van der Waals surface area contributed by atoms with Gasteiger partial charge in [0.05, 0.1) is 0 Å². The van der Waals surface area contributed by atoms with Gasteiger partial charge in [0.1, 0.15) is 0 Å². The van der Waals surface area contributed by atoms with Crippen molar-refractivity contribution in [1.29, 1.82) is 0 Å².